The Morgan fingerprint density at radius 1 is 1.15 bits per heavy atom. The molecule has 1 unspecified atom stereocenters. The molecule has 9 nitrogen and oxygen atoms in total. The summed E-state index contributed by atoms with van der Waals surface area (Å²) < 4.78 is 59.2. The number of hydrogen-bond donors (Lipinski definition) is 2. The van der Waals surface area contributed by atoms with Crippen molar-refractivity contribution in [3.05, 3.63) is 46.2 Å². The zero-order valence-electron chi connectivity index (χ0n) is 23.7. The van der Waals surface area contributed by atoms with E-state index < -0.39 is 58.4 Å². The monoisotopic (exact) mass is 602 g/mol. The smallest absolute Gasteiger partial charge is 0.422 e. The van der Waals surface area contributed by atoms with E-state index in [-0.39, 0.29) is 48.1 Å². The number of ether oxygens (including phenoxy) is 3. The summed E-state index contributed by atoms with van der Waals surface area (Å²) in [6.07, 6.45) is -7.69. The molecule has 2 N–H and O–H groups in total. The van der Waals surface area contributed by atoms with Crippen LogP contribution in [-0.4, -0.2) is 65.7 Å². The topological polar surface area (TPSA) is 118 Å². The summed E-state index contributed by atoms with van der Waals surface area (Å²) in [7, 11) is 1.33. The first-order chi connectivity index (χ1) is 18.8. The number of nitrogens with zero attached hydrogens (tertiary/aromatic N) is 2. The zero-order valence-corrected chi connectivity index (χ0v) is 24.4. The predicted octanol–water partition coefficient (Wildman–Crippen LogP) is 5.56. The fraction of sp³-hybridized carbons (Fsp3) is 0.536. The van der Waals surface area contributed by atoms with E-state index >= 15 is 0 Å². The van der Waals surface area contributed by atoms with Crippen molar-refractivity contribution in [2.24, 2.45) is 0 Å². The Kier molecular flexibility index (Phi) is 9.22. The molecule has 1 amide bonds. The fourth-order valence-electron chi connectivity index (χ4n) is 4.49. The van der Waals surface area contributed by atoms with Gasteiger partial charge in [0.1, 0.15) is 12.2 Å². The standard InChI is InChI=1S/C28H34ClF3N2O7/c1-25(2,3)41-24(37)34-15-26(4,5)17-14-21(33-23(29)22(17)34)27(38,28(30,31)32)10-9-18(36)16-7-8-19(40-12-11-35)20(13-16)39-6/h7-8,13-14,35,38H,9-12,15H2,1-6H3. The van der Waals surface area contributed by atoms with Crippen LogP contribution in [0.4, 0.5) is 23.7 Å². The molecule has 0 radical (unpaired) electrons. The maximum Gasteiger partial charge on any atom is 0.422 e. The number of Topliss-reactive ketones (excluding diaryl/α,β-unsaturated/α-hetero) is 1. The number of benzene rings is 1. The second kappa shape index (κ2) is 11.7. The van der Waals surface area contributed by atoms with Crippen LogP contribution in [0, 0.1) is 0 Å². The molecular formula is C28H34ClF3N2O7. The molecule has 0 saturated carbocycles. The minimum atomic E-state index is -5.22. The maximum absolute atomic E-state index is 14.4. The van der Waals surface area contributed by atoms with E-state index in [2.05, 4.69) is 4.98 Å². The van der Waals surface area contributed by atoms with Gasteiger partial charge in [0.25, 0.3) is 0 Å². The van der Waals surface area contributed by atoms with E-state index in [1.54, 1.807) is 34.6 Å². The lowest BCUT2D eigenvalue weighted by molar-refractivity contribution is -0.270. The van der Waals surface area contributed by atoms with Crippen molar-refractivity contribution in [3.63, 3.8) is 0 Å². The minimum Gasteiger partial charge on any atom is -0.493 e. The van der Waals surface area contributed by atoms with Gasteiger partial charge in [-0.3, -0.25) is 9.69 Å². The maximum atomic E-state index is 14.4. The highest BCUT2D eigenvalue weighted by Crippen LogP contribution is 2.49. The third kappa shape index (κ3) is 6.87. The molecule has 41 heavy (non-hydrogen) atoms. The number of carbonyl (C=O) groups excluding carboxylic acids is 2. The fourth-order valence-corrected chi connectivity index (χ4v) is 4.79. The highest BCUT2D eigenvalue weighted by molar-refractivity contribution is 6.33. The Hall–Kier alpha value is -3.09. The minimum absolute atomic E-state index is 0.0229. The number of halogens is 4. The summed E-state index contributed by atoms with van der Waals surface area (Å²) in [5.74, 6) is -0.299. The third-order valence-electron chi connectivity index (χ3n) is 6.56. The first-order valence-electron chi connectivity index (χ1n) is 12.8. The van der Waals surface area contributed by atoms with Gasteiger partial charge in [-0.2, -0.15) is 13.2 Å². The molecule has 2 heterocycles. The van der Waals surface area contributed by atoms with Gasteiger partial charge in [0.2, 0.25) is 5.60 Å². The Bertz CT molecular complexity index is 1310. The molecular weight excluding hydrogens is 569 g/mol. The lowest BCUT2D eigenvalue weighted by Gasteiger charge is -2.31. The van der Waals surface area contributed by atoms with Crippen LogP contribution < -0.4 is 14.4 Å². The number of anilines is 1. The number of aromatic nitrogens is 1. The number of amides is 1. The summed E-state index contributed by atoms with van der Waals surface area (Å²) in [4.78, 5) is 30.9. The Balaban J connectivity index is 1.95. The average Bonchev–Trinajstić information content (AvgIpc) is 3.15. The highest BCUT2D eigenvalue weighted by atomic mass is 35.5. The largest absolute Gasteiger partial charge is 0.493 e. The van der Waals surface area contributed by atoms with Crippen molar-refractivity contribution in [2.75, 3.05) is 31.8 Å². The van der Waals surface area contributed by atoms with Gasteiger partial charge in [0, 0.05) is 23.9 Å². The molecule has 2 aromatic rings. The molecule has 3 rings (SSSR count). The van der Waals surface area contributed by atoms with Crippen molar-refractivity contribution in [1.29, 1.82) is 0 Å². The van der Waals surface area contributed by atoms with E-state index in [0.717, 1.165) is 6.07 Å². The van der Waals surface area contributed by atoms with Crippen LogP contribution in [0.2, 0.25) is 5.15 Å². The zero-order chi connectivity index (χ0) is 31.0. The quantitative estimate of drug-likeness (QED) is 0.283. The van der Waals surface area contributed by atoms with Gasteiger partial charge in [0.05, 0.1) is 25.1 Å². The van der Waals surface area contributed by atoms with Gasteiger partial charge in [-0.15, -0.1) is 0 Å². The second-order valence-corrected chi connectivity index (χ2v) is 11.7. The number of aliphatic hydroxyl groups is 2. The lowest BCUT2D eigenvalue weighted by atomic mass is 9.84. The molecule has 1 atom stereocenters. The first kappa shape index (κ1) is 32.4. The van der Waals surface area contributed by atoms with Crippen molar-refractivity contribution in [2.45, 2.75) is 70.3 Å². The van der Waals surface area contributed by atoms with Gasteiger partial charge < -0.3 is 24.4 Å². The van der Waals surface area contributed by atoms with Gasteiger partial charge in [-0.1, -0.05) is 25.4 Å². The normalized spacial score (nSPS) is 16.1. The summed E-state index contributed by atoms with van der Waals surface area (Å²) in [6.45, 7) is 8.25. The van der Waals surface area contributed by atoms with Crippen LogP contribution in [0.25, 0.3) is 0 Å². The van der Waals surface area contributed by atoms with Gasteiger partial charge in [-0.05, 0) is 57.0 Å². The SMILES string of the molecule is COc1cc(C(=O)CCC(O)(c2cc3c(c(Cl)n2)N(C(=O)OC(C)(C)C)CC3(C)C)C(F)(F)F)ccc1OCCO. The van der Waals surface area contributed by atoms with Crippen molar-refractivity contribution < 1.29 is 47.2 Å². The molecule has 0 spiro atoms. The van der Waals surface area contributed by atoms with Crippen molar-refractivity contribution >= 4 is 29.2 Å². The molecule has 1 aliphatic rings. The molecule has 1 aromatic heterocycles. The van der Waals surface area contributed by atoms with E-state index in [1.165, 1.54) is 30.2 Å². The first-order valence-corrected chi connectivity index (χ1v) is 13.2. The number of carbonyl (C=O) groups is 2. The van der Waals surface area contributed by atoms with Crippen LogP contribution in [0.5, 0.6) is 11.5 Å². The van der Waals surface area contributed by atoms with Crippen LogP contribution in [0.1, 0.15) is 69.1 Å². The average molecular weight is 603 g/mol. The second-order valence-electron chi connectivity index (χ2n) is 11.4. The van der Waals surface area contributed by atoms with E-state index in [9.17, 15) is 27.9 Å². The number of fused-ring (bicyclic) bond motifs is 1. The van der Waals surface area contributed by atoms with Gasteiger partial charge in [0.15, 0.2) is 22.4 Å². The van der Waals surface area contributed by atoms with Crippen LogP contribution in [-0.2, 0) is 15.8 Å². The van der Waals surface area contributed by atoms with Crippen molar-refractivity contribution in [1.82, 2.24) is 4.98 Å². The molecule has 226 valence electrons. The molecule has 0 saturated heterocycles. The lowest BCUT2D eigenvalue weighted by Crippen LogP contribution is -2.43. The number of hydrogen-bond acceptors (Lipinski definition) is 8. The Morgan fingerprint density at radius 2 is 1.80 bits per heavy atom. The summed E-state index contributed by atoms with van der Waals surface area (Å²) in [5, 5.41) is 19.6. The molecule has 0 aliphatic carbocycles. The molecule has 13 heteroatoms. The summed E-state index contributed by atoms with van der Waals surface area (Å²) in [5.41, 5.74) is -5.58. The van der Waals surface area contributed by atoms with E-state index in [1.807, 2.05) is 0 Å². The number of alkyl halides is 3. The number of methoxy groups -OCH3 is 1. The molecule has 1 aromatic carbocycles. The number of rotatable bonds is 9. The Labute approximate surface area is 241 Å². The summed E-state index contributed by atoms with van der Waals surface area (Å²) >= 11 is 6.36. The molecule has 0 fully saturated rings. The van der Waals surface area contributed by atoms with Crippen molar-refractivity contribution in [3.8, 4) is 11.5 Å². The number of pyridine rings is 1. The van der Waals surface area contributed by atoms with Crippen LogP contribution in [0.15, 0.2) is 24.3 Å². The Morgan fingerprint density at radius 3 is 2.37 bits per heavy atom. The predicted molar refractivity (Wildman–Crippen MR) is 145 cm³/mol. The van der Waals surface area contributed by atoms with E-state index in [4.69, 9.17) is 30.9 Å². The van der Waals surface area contributed by atoms with Gasteiger partial charge in [-0.25, -0.2) is 9.78 Å². The third-order valence-corrected chi connectivity index (χ3v) is 6.82. The van der Waals surface area contributed by atoms with Gasteiger partial charge >= 0.3 is 12.3 Å². The highest BCUT2D eigenvalue weighted by Gasteiger charge is 2.57. The number of ketones is 1. The van der Waals surface area contributed by atoms with Crippen LogP contribution in [0.3, 0.4) is 0 Å². The summed E-state index contributed by atoms with van der Waals surface area (Å²) in [6, 6.07) is 5.14. The van der Waals surface area contributed by atoms with Crippen LogP contribution >= 0.6 is 11.6 Å². The van der Waals surface area contributed by atoms with E-state index in [0.29, 0.717) is 0 Å². The molecule has 0 bridgehead atoms. The molecule has 1 aliphatic heterocycles. The number of aliphatic hydroxyl groups excluding tert-OH is 1.